The zero-order valence-corrected chi connectivity index (χ0v) is 13.3. The second-order valence-electron chi connectivity index (χ2n) is 5.20. The predicted molar refractivity (Wildman–Crippen MR) is 86.3 cm³/mol. The molecule has 0 aliphatic rings. The van der Waals surface area contributed by atoms with Crippen molar-refractivity contribution in [2.45, 2.75) is 33.4 Å². The van der Waals surface area contributed by atoms with Crippen molar-refractivity contribution in [3.63, 3.8) is 0 Å². The van der Waals surface area contributed by atoms with Gasteiger partial charge in [-0.3, -0.25) is 0 Å². The molecule has 0 unspecified atom stereocenters. The van der Waals surface area contributed by atoms with Crippen molar-refractivity contribution in [1.82, 2.24) is 5.32 Å². The Hall–Kier alpha value is -1.12. The summed E-state index contributed by atoms with van der Waals surface area (Å²) in [4.78, 5) is 0. The SMILES string of the molecule is Cc1ccc(CNC(C)C)cc1-c1cccc(Br)c1. The van der Waals surface area contributed by atoms with Gasteiger partial charge in [0.05, 0.1) is 0 Å². The number of halogens is 1. The largest absolute Gasteiger partial charge is 0.310 e. The average molecular weight is 318 g/mol. The lowest BCUT2D eigenvalue weighted by atomic mass is 9.98. The van der Waals surface area contributed by atoms with Gasteiger partial charge in [-0.2, -0.15) is 0 Å². The Morgan fingerprint density at radius 3 is 2.58 bits per heavy atom. The summed E-state index contributed by atoms with van der Waals surface area (Å²) in [5.74, 6) is 0. The maximum Gasteiger partial charge on any atom is 0.0208 e. The van der Waals surface area contributed by atoms with Gasteiger partial charge in [-0.25, -0.2) is 0 Å². The van der Waals surface area contributed by atoms with E-state index in [2.05, 4.69) is 84.5 Å². The third kappa shape index (κ3) is 3.92. The molecule has 1 nitrogen and oxygen atoms in total. The van der Waals surface area contributed by atoms with E-state index >= 15 is 0 Å². The highest BCUT2D eigenvalue weighted by atomic mass is 79.9. The van der Waals surface area contributed by atoms with E-state index in [0.29, 0.717) is 6.04 Å². The van der Waals surface area contributed by atoms with Crippen molar-refractivity contribution in [3.05, 3.63) is 58.1 Å². The van der Waals surface area contributed by atoms with Gasteiger partial charge in [0.25, 0.3) is 0 Å². The maximum absolute atomic E-state index is 3.54. The van der Waals surface area contributed by atoms with Gasteiger partial charge in [-0.15, -0.1) is 0 Å². The van der Waals surface area contributed by atoms with Gasteiger partial charge in [-0.05, 0) is 47.4 Å². The van der Waals surface area contributed by atoms with Crippen LogP contribution >= 0.6 is 15.9 Å². The molecular formula is C17H20BrN. The van der Waals surface area contributed by atoms with Gasteiger partial charge in [-0.1, -0.05) is 54.0 Å². The molecule has 0 aliphatic carbocycles. The van der Waals surface area contributed by atoms with E-state index in [9.17, 15) is 0 Å². The second kappa shape index (κ2) is 6.36. The van der Waals surface area contributed by atoms with Crippen molar-refractivity contribution in [2.24, 2.45) is 0 Å². The predicted octanol–water partition coefficient (Wildman–Crippen LogP) is 4.92. The molecule has 100 valence electrons. The van der Waals surface area contributed by atoms with Crippen LogP contribution in [0.15, 0.2) is 46.9 Å². The normalized spacial score (nSPS) is 11.0. The Bertz CT molecular complexity index is 561. The van der Waals surface area contributed by atoms with Crippen LogP contribution in [0, 0.1) is 6.92 Å². The van der Waals surface area contributed by atoms with Crippen molar-refractivity contribution in [3.8, 4) is 11.1 Å². The highest BCUT2D eigenvalue weighted by molar-refractivity contribution is 9.10. The third-order valence-electron chi connectivity index (χ3n) is 3.15. The quantitative estimate of drug-likeness (QED) is 0.843. The minimum absolute atomic E-state index is 0.510. The van der Waals surface area contributed by atoms with E-state index in [0.717, 1.165) is 11.0 Å². The first-order chi connectivity index (χ1) is 9.06. The van der Waals surface area contributed by atoms with Crippen LogP contribution in [-0.4, -0.2) is 6.04 Å². The van der Waals surface area contributed by atoms with Gasteiger partial charge < -0.3 is 5.32 Å². The summed E-state index contributed by atoms with van der Waals surface area (Å²) in [6.07, 6.45) is 0. The molecule has 2 rings (SSSR count). The molecule has 2 aromatic carbocycles. The number of benzene rings is 2. The Balaban J connectivity index is 2.31. The summed E-state index contributed by atoms with van der Waals surface area (Å²) in [6, 6.07) is 15.7. The number of nitrogens with one attached hydrogen (secondary N) is 1. The molecule has 2 heteroatoms. The van der Waals surface area contributed by atoms with Gasteiger partial charge in [0.2, 0.25) is 0 Å². The molecule has 0 fully saturated rings. The van der Waals surface area contributed by atoms with Crippen LogP contribution in [0.25, 0.3) is 11.1 Å². The topological polar surface area (TPSA) is 12.0 Å². The maximum atomic E-state index is 3.54. The van der Waals surface area contributed by atoms with Crippen LogP contribution in [0.3, 0.4) is 0 Å². The highest BCUT2D eigenvalue weighted by Crippen LogP contribution is 2.27. The van der Waals surface area contributed by atoms with Gasteiger partial charge in [0.1, 0.15) is 0 Å². The van der Waals surface area contributed by atoms with E-state index in [4.69, 9.17) is 0 Å². The first kappa shape index (κ1) is 14.3. The molecule has 1 N–H and O–H groups in total. The highest BCUT2D eigenvalue weighted by Gasteiger charge is 2.04. The summed E-state index contributed by atoms with van der Waals surface area (Å²) in [5.41, 5.74) is 5.21. The number of aryl methyl sites for hydroxylation is 1. The molecule has 0 atom stereocenters. The number of hydrogen-bond donors (Lipinski definition) is 1. The lowest BCUT2D eigenvalue weighted by Crippen LogP contribution is -2.21. The molecule has 0 radical (unpaired) electrons. The molecule has 0 aliphatic heterocycles. The summed E-state index contributed by atoms with van der Waals surface area (Å²) < 4.78 is 1.12. The smallest absolute Gasteiger partial charge is 0.0208 e. The lowest BCUT2D eigenvalue weighted by Gasteiger charge is -2.12. The van der Waals surface area contributed by atoms with Gasteiger partial charge >= 0.3 is 0 Å². The van der Waals surface area contributed by atoms with Crippen LogP contribution in [0.2, 0.25) is 0 Å². The van der Waals surface area contributed by atoms with E-state index in [1.165, 1.54) is 22.3 Å². The van der Waals surface area contributed by atoms with Crippen molar-refractivity contribution >= 4 is 15.9 Å². The number of rotatable bonds is 4. The molecule has 0 amide bonds. The Kier molecular flexibility index (Phi) is 4.78. The molecule has 0 heterocycles. The second-order valence-corrected chi connectivity index (χ2v) is 6.11. The Labute approximate surface area is 124 Å². The van der Waals surface area contributed by atoms with E-state index in [1.807, 2.05) is 0 Å². The molecule has 19 heavy (non-hydrogen) atoms. The van der Waals surface area contributed by atoms with Crippen LogP contribution in [0.4, 0.5) is 0 Å². The third-order valence-corrected chi connectivity index (χ3v) is 3.65. The molecule has 0 bridgehead atoms. The van der Waals surface area contributed by atoms with Crippen LogP contribution < -0.4 is 5.32 Å². The van der Waals surface area contributed by atoms with Gasteiger partial charge in [0, 0.05) is 17.1 Å². The summed E-state index contributed by atoms with van der Waals surface area (Å²) >= 11 is 3.54. The number of hydrogen-bond acceptors (Lipinski definition) is 1. The first-order valence-electron chi connectivity index (χ1n) is 6.65. The van der Waals surface area contributed by atoms with Crippen molar-refractivity contribution in [1.29, 1.82) is 0 Å². The Morgan fingerprint density at radius 1 is 1.11 bits per heavy atom. The summed E-state index contributed by atoms with van der Waals surface area (Å²) in [7, 11) is 0. The fraction of sp³-hybridized carbons (Fsp3) is 0.294. The lowest BCUT2D eigenvalue weighted by molar-refractivity contribution is 0.589. The summed E-state index contributed by atoms with van der Waals surface area (Å²) in [5, 5.41) is 3.46. The van der Waals surface area contributed by atoms with E-state index in [1.54, 1.807) is 0 Å². The average Bonchev–Trinajstić information content (AvgIpc) is 2.37. The minimum atomic E-state index is 0.510. The minimum Gasteiger partial charge on any atom is -0.310 e. The molecular weight excluding hydrogens is 298 g/mol. The monoisotopic (exact) mass is 317 g/mol. The zero-order valence-electron chi connectivity index (χ0n) is 11.7. The Morgan fingerprint density at radius 2 is 1.89 bits per heavy atom. The molecule has 0 saturated heterocycles. The van der Waals surface area contributed by atoms with Gasteiger partial charge in [0.15, 0.2) is 0 Å². The standard InChI is InChI=1S/C17H20BrN/c1-12(2)19-11-14-8-7-13(3)17(9-14)15-5-4-6-16(18)10-15/h4-10,12,19H,11H2,1-3H3. The molecule has 0 spiro atoms. The first-order valence-corrected chi connectivity index (χ1v) is 7.44. The van der Waals surface area contributed by atoms with Crippen molar-refractivity contribution in [2.75, 3.05) is 0 Å². The molecule has 0 saturated carbocycles. The van der Waals surface area contributed by atoms with E-state index in [-0.39, 0.29) is 0 Å². The molecule has 2 aromatic rings. The van der Waals surface area contributed by atoms with Crippen molar-refractivity contribution < 1.29 is 0 Å². The summed E-state index contributed by atoms with van der Waals surface area (Å²) in [6.45, 7) is 7.42. The molecule has 0 aromatic heterocycles. The van der Waals surface area contributed by atoms with E-state index < -0.39 is 0 Å². The zero-order chi connectivity index (χ0) is 13.8. The van der Waals surface area contributed by atoms with Crippen LogP contribution in [0.5, 0.6) is 0 Å². The van der Waals surface area contributed by atoms with Crippen LogP contribution in [-0.2, 0) is 6.54 Å². The van der Waals surface area contributed by atoms with Crippen LogP contribution in [0.1, 0.15) is 25.0 Å². The fourth-order valence-corrected chi connectivity index (χ4v) is 2.47. The fourth-order valence-electron chi connectivity index (χ4n) is 2.07.